The van der Waals surface area contributed by atoms with Crippen molar-refractivity contribution in [2.24, 2.45) is 17.6 Å². The summed E-state index contributed by atoms with van der Waals surface area (Å²) in [7, 11) is 0. The normalized spacial score (nSPS) is 34.1. The van der Waals surface area contributed by atoms with Crippen LogP contribution in [-0.2, 0) is 9.53 Å². The van der Waals surface area contributed by atoms with Crippen molar-refractivity contribution in [3.05, 3.63) is 0 Å². The molecule has 0 aromatic heterocycles. The van der Waals surface area contributed by atoms with E-state index in [4.69, 9.17) is 10.5 Å². The Bertz CT molecular complexity index is 283. The van der Waals surface area contributed by atoms with Crippen molar-refractivity contribution in [3.8, 4) is 0 Å². The van der Waals surface area contributed by atoms with Crippen LogP contribution in [0.25, 0.3) is 0 Å². The van der Waals surface area contributed by atoms with Crippen LogP contribution in [-0.4, -0.2) is 43.2 Å². The number of ether oxygens (including phenoxy) is 1. The number of hydrogen-bond acceptors (Lipinski definition) is 3. The first-order valence-electron chi connectivity index (χ1n) is 7.33. The van der Waals surface area contributed by atoms with E-state index in [1.807, 2.05) is 11.8 Å². The van der Waals surface area contributed by atoms with Crippen molar-refractivity contribution in [1.29, 1.82) is 0 Å². The van der Waals surface area contributed by atoms with Crippen molar-refractivity contribution in [2.45, 2.75) is 45.1 Å². The number of hydrogen-bond donors (Lipinski definition) is 1. The van der Waals surface area contributed by atoms with Gasteiger partial charge in [-0.25, -0.2) is 0 Å². The van der Waals surface area contributed by atoms with Crippen molar-refractivity contribution in [1.82, 2.24) is 4.90 Å². The molecule has 2 fully saturated rings. The minimum atomic E-state index is 0.161. The Kier molecular flexibility index (Phi) is 5.01. The van der Waals surface area contributed by atoms with Crippen molar-refractivity contribution >= 4 is 5.91 Å². The van der Waals surface area contributed by atoms with E-state index in [9.17, 15) is 4.79 Å². The fourth-order valence-electron chi connectivity index (χ4n) is 3.24. The maximum atomic E-state index is 12.6. The topological polar surface area (TPSA) is 55.6 Å². The Labute approximate surface area is 110 Å². The Balaban J connectivity index is 1.99. The molecule has 1 aliphatic carbocycles. The van der Waals surface area contributed by atoms with Gasteiger partial charge in [-0.1, -0.05) is 12.8 Å². The predicted octanol–water partition coefficient (Wildman–Crippen LogP) is 1.39. The predicted molar refractivity (Wildman–Crippen MR) is 71.1 cm³/mol. The first kappa shape index (κ1) is 13.8. The Morgan fingerprint density at radius 2 is 2.11 bits per heavy atom. The highest BCUT2D eigenvalue weighted by atomic mass is 16.5. The van der Waals surface area contributed by atoms with Gasteiger partial charge < -0.3 is 15.4 Å². The van der Waals surface area contributed by atoms with Gasteiger partial charge in [-0.3, -0.25) is 4.79 Å². The molecule has 0 radical (unpaired) electrons. The van der Waals surface area contributed by atoms with Gasteiger partial charge in [0.15, 0.2) is 0 Å². The molecule has 0 spiro atoms. The Morgan fingerprint density at radius 1 is 1.33 bits per heavy atom. The molecular formula is C14H26N2O2. The maximum Gasteiger partial charge on any atom is 0.226 e. The summed E-state index contributed by atoms with van der Waals surface area (Å²) in [6, 6.07) is 0. The summed E-state index contributed by atoms with van der Waals surface area (Å²) in [5.41, 5.74) is 5.82. The van der Waals surface area contributed by atoms with Gasteiger partial charge in [-0.2, -0.15) is 0 Å². The van der Waals surface area contributed by atoms with E-state index in [-0.39, 0.29) is 12.0 Å². The number of carbonyl (C=O) groups is 1. The van der Waals surface area contributed by atoms with E-state index in [1.165, 1.54) is 12.8 Å². The fourth-order valence-corrected chi connectivity index (χ4v) is 3.24. The summed E-state index contributed by atoms with van der Waals surface area (Å²) >= 11 is 0. The van der Waals surface area contributed by atoms with E-state index < -0.39 is 0 Å². The van der Waals surface area contributed by atoms with Crippen LogP contribution in [0.5, 0.6) is 0 Å². The maximum absolute atomic E-state index is 12.6. The van der Waals surface area contributed by atoms with Crippen molar-refractivity contribution in [3.63, 3.8) is 0 Å². The quantitative estimate of drug-likeness (QED) is 0.810. The van der Waals surface area contributed by atoms with Gasteiger partial charge in [0.2, 0.25) is 5.91 Å². The number of nitrogens with zero attached hydrogens (tertiary/aromatic N) is 1. The van der Waals surface area contributed by atoms with E-state index in [0.717, 1.165) is 39.0 Å². The van der Waals surface area contributed by atoms with Crippen LogP contribution in [0.1, 0.15) is 39.0 Å². The molecule has 2 rings (SSSR count). The molecule has 1 heterocycles. The zero-order valence-corrected chi connectivity index (χ0v) is 11.4. The van der Waals surface area contributed by atoms with Gasteiger partial charge >= 0.3 is 0 Å². The average Bonchev–Trinajstić information content (AvgIpc) is 2.62. The summed E-state index contributed by atoms with van der Waals surface area (Å²) < 4.78 is 5.61. The van der Waals surface area contributed by atoms with Crippen molar-refractivity contribution in [2.75, 3.05) is 26.2 Å². The highest BCUT2D eigenvalue weighted by molar-refractivity contribution is 5.79. The number of rotatable bonds is 2. The molecule has 0 aromatic rings. The standard InChI is InChI=1S/C14H26N2O2/c1-11-10-16(7-4-8-18-11)14(17)13-6-3-2-5-12(13)9-15/h11-13H,2-10,15H2,1H3. The molecule has 104 valence electrons. The zero-order chi connectivity index (χ0) is 13.0. The summed E-state index contributed by atoms with van der Waals surface area (Å²) in [6.45, 7) is 5.06. The van der Waals surface area contributed by atoms with E-state index in [1.54, 1.807) is 0 Å². The second-order valence-corrected chi connectivity index (χ2v) is 5.71. The second-order valence-electron chi connectivity index (χ2n) is 5.71. The first-order valence-corrected chi connectivity index (χ1v) is 7.33. The highest BCUT2D eigenvalue weighted by Gasteiger charge is 2.33. The number of amides is 1. The smallest absolute Gasteiger partial charge is 0.226 e. The van der Waals surface area contributed by atoms with Gasteiger partial charge in [-0.05, 0) is 38.6 Å². The zero-order valence-electron chi connectivity index (χ0n) is 11.4. The van der Waals surface area contributed by atoms with Gasteiger partial charge in [0.1, 0.15) is 0 Å². The molecule has 1 saturated carbocycles. The molecular weight excluding hydrogens is 228 g/mol. The third-order valence-electron chi connectivity index (χ3n) is 4.29. The molecule has 3 atom stereocenters. The van der Waals surface area contributed by atoms with Gasteiger partial charge in [0, 0.05) is 25.6 Å². The molecule has 1 aliphatic heterocycles. The Morgan fingerprint density at radius 3 is 2.89 bits per heavy atom. The summed E-state index contributed by atoms with van der Waals surface area (Å²) in [5.74, 6) is 0.877. The molecule has 2 aliphatic rings. The number of nitrogens with two attached hydrogens (primary N) is 1. The summed E-state index contributed by atoms with van der Waals surface area (Å²) in [5, 5.41) is 0. The minimum Gasteiger partial charge on any atom is -0.377 e. The van der Waals surface area contributed by atoms with Crippen LogP contribution in [0.15, 0.2) is 0 Å². The third-order valence-corrected chi connectivity index (χ3v) is 4.29. The second kappa shape index (κ2) is 6.53. The fraction of sp³-hybridized carbons (Fsp3) is 0.929. The van der Waals surface area contributed by atoms with E-state index >= 15 is 0 Å². The van der Waals surface area contributed by atoms with Crippen molar-refractivity contribution < 1.29 is 9.53 Å². The Hall–Kier alpha value is -0.610. The lowest BCUT2D eigenvalue weighted by Gasteiger charge is -2.34. The van der Waals surface area contributed by atoms with Crippen LogP contribution in [0.2, 0.25) is 0 Å². The van der Waals surface area contributed by atoms with Crippen LogP contribution >= 0.6 is 0 Å². The first-order chi connectivity index (χ1) is 8.72. The average molecular weight is 254 g/mol. The van der Waals surface area contributed by atoms with Crippen LogP contribution < -0.4 is 5.73 Å². The lowest BCUT2D eigenvalue weighted by molar-refractivity contribution is -0.139. The number of carbonyl (C=O) groups excluding carboxylic acids is 1. The summed E-state index contributed by atoms with van der Waals surface area (Å²) in [6.07, 6.45) is 5.66. The molecule has 1 saturated heterocycles. The lowest BCUT2D eigenvalue weighted by atomic mass is 9.78. The summed E-state index contributed by atoms with van der Waals surface area (Å²) in [4.78, 5) is 14.6. The van der Waals surface area contributed by atoms with Crippen LogP contribution in [0, 0.1) is 11.8 Å². The van der Waals surface area contributed by atoms with Gasteiger partial charge in [-0.15, -0.1) is 0 Å². The molecule has 0 aromatic carbocycles. The molecule has 4 nitrogen and oxygen atoms in total. The minimum absolute atomic E-state index is 0.161. The molecule has 2 N–H and O–H groups in total. The highest BCUT2D eigenvalue weighted by Crippen LogP contribution is 2.31. The largest absolute Gasteiger partial charge is 0.377 e. The SMILES string of the molecule is CC1CN(C(=O)C2CCCCC2CN)CCCO1. The molecule has 1 amide bonds. The molecule has 18 heavy (non-hydrogen) atoms. The van der Waals surface area contributed by atoms with Crippen LogP contribution in [0.3, 0.4) is 0 Å². The third kappa shape index (κ3) is 3.23. The van der Waals surface area contributed by atoms with Crippen LogP contribution in [0.4, 0.5) is 0 Å². The monoisotopic (exact) mass is 254 g/mol. The van der Waals surface area contributed by atoms with E-state index in [0.29, 0.717) is 18.4 Å². The molecule has 0 bridgehead atoms. The van der Waals surface area contributed by atoms with Gasteiger partial charge in [0.05, 0.1) is 6.10 Å². The molecule has 4 heteroatoms. The molecule has 3 unspecified atom stereocenters. The lowest BCUT2D eigenvalue weighted by Crippen LogP contribution is -2.44. The van der Waals surface area contributed by atoms with E-state index in [2.05, 4.69) is 0 Å². The van der Waals surface area contributed by atoms with Gasteiger partial charge in [0.25, 0.3) is 0 Å².